The zero-order valence-corrected chi connectivity index (χ0v) is 42.6. The SMILES string of the molecule is CC[C@H](C)[C@@H]1CC(=O)[C@H](Cc2ccc(O)cc2)CC(=O)CCS(=O)(=O)CC[C@@H](C(=O)N(CC(=O)N[C@H](C(=O)CCC(C)=O)C2CCCCC2)C2CC2)NC(=O)[C@H](CC(N)=O)CC(=O)[C@H](CCC(N)=O)NC1=O. The first-order valence-corrected chi connectivity index (χ1v) is 27.1. The van der Waals surface area contributed by atoms with Gasteiger partial charge in [0.25, 0.3) is 0 Å². The smallest absolute Gasteiger partial charge is 0.245 e. The molecule has 2 aliphatic carbocycles. The van der Waals surface area contributed by atoms with Crippen LogP contribution in [0.1, 0.15) is 142 Å². The van der Waals surface area contributed by atoms with Crippen LogP contribution < -0.4 is 27.4 Å². The minimum Gasteiger partial charge on any atom is -0.508 e. The second-order valence-electron chi connectivity index (χ2n) is 20.1. The van der Waals surface area contributed by atoms with Crippen LogP contribution in [-0.4, -0.2) is 125 Å². The number of benzene rings is 1. The zero-order valence-electron chi connectivity index (χ0n) is 41.8. The lowest BCUT2D eigenvalue weighted by atomic mass is 9.80. The van der Waals surface area contributed by atoms with Crippen LogP contribution in [0.5, 0.6) is 5.75 Å². The van der Waals surface area contributed by atoms with Crippen molar-refractivity contribution in [2.24, 2.45) is 41.1 Å². The minimum absolute atomic E-state index is 0.00381. The van der Waals surface area contributed by atoms with Gasteiger partial charge in [-0.15, -0.1) is 0 Å². The van der Waals surface area contributed by atoms with Gasteiger partial charge in [0.1, 0.15) is 29.1 Å². The summed E-state index contributed by atoms with van der Waals surface area (Å²) in [6.45, 7) is 4.29. The topological polar surface area (TPSA) is 334 Å². The fourth-order valence-electron chi connectivity index (χ4n) is 9.52. The van der Waals surface area contributed by atoms with E-state index in [1.54, 1.807) is 26.0 Å². The van der Waals surface area contributed by atoms with E-state index in [2.05, 4.69) is 16.0 Å². The van der Waals surface area contributed by atoms with Crippen molar-refractivity contribution in [3.63, 3.8) is 0 Å². The van der Waals surface area contributed by atoms with E-state index in [1.807, 2.05) is 0 Å². The highest BCUT2D eigenvalue weighted by molar-refractivity contribution is 7.91. The predicted octanol–water partition coefficient (Wildman–Crippen LogP) is 2.02. The zero-order chi connectivity index (χ0) is 53.3. The Hall–Kier alpha value is -5.86. The summed E-state index contributed by atoms with van der Waals surface area (Å²) >= 11 is 0. The summed E-state index contributed by atoms with van der Waals surface area (Å²) in [6.07, 6.45) is 1.11. The van der Waals surface area contributed by atoms with Crippen molar-refractivity contribution in [3.05, 3.63) is 29.8 Å². The van der Waals surface area contributed by atoms with Gasteiger partial charge in [-0.2, -0.15) is 0 Å². The number of phenolic OH excluding ortho intramolecular Hbond substituents is 1. The molecule has 3 fully saturated rings. The molecule has 1 aliphatic heterocycles. The summed E-state index contributed by atoms with van der Waals surface area (Å²) in [5.41, 5.74) is 11.6. The average molecular weight is 1030 g/mol. The van der Waals surface area contributed by atoms with Crippen LogP contribution in [-0.2, 0) is 69.0 Å². The number of carbonyl (C=O) groups excluding carboxylic acids is 11. The van der Waals surface area contributed by atoms with Crippen molar-refractivity contribution < 1.29 is 66.3 Å². The molecule has 1 saturated heterocycles. The summed E-state index contributed by atoms with van der Waals surface area (Å²) in [7, 11) is -4.19. The van der Waals surface area contributed by atoms with Gasteiger partial charge in [-0.3, -0.25) is 47.9 Å². The third kappa shape index (κ3) is 19.3. The predicted molar refractivity (Wildman–Crippen MR) is 263 cm³/mol. The fraction of sp³-hybridized carbons (Fsp3) is 0.667. The van der Waals surface area contributed by atoms with Crippen LogP contribution in [0.2, 0.25) is 0 Å². The molecule has 2 saturated carbocycles. The molecule has 1 aromatic carbocycles. The highest BCUT2D eigenvalue weighted by Crippen LogP contribution is 2.31. The third-order valence-electron chi connectivity index (χ3n) is 14.2. The summed E-state index contributed by atoms with van der Waals surface area (Å²) in [4.78, 5) is 150. The molecule has 0 radical (unpaired) electrons. The Balaban J connectivity index is 1.72. The lowest BCUT2D eigenvalue weighted by Crippen LogP contribution is -2.55. The van der Waals surface area contributed by atoms with E-state index < -0.39 is 167 Å². The van der Waals surface area contributed by atoms with Crippen molar-refractivity contribution in [1.29, 1.82) is 0 Å². The first kappa shape index (κ1) is 58.7. The molecule has 0 bridgehead atoms. The molecule has 0 aromatic heterocycles. The van der Waals surface area contributed by atoms with Gasteiger partial charge in [0.05, 0.1) is 36.1 Å². The number of sulfone groups is 1. The molecule has 0 spiro atoms. The Kier molecular flexibility index (Phi) is 22.7. The van der Waals surface area contributed by atoms with Gasteiger partial charge in [-0.1, -0.05) is 51.7 Å². The number of primary amides is 2. The number of nitrogens with zero attached hydrogens (tertiary/aromatic N) is 1. The molecule has 6 amide bonds. The van der Waals surface area contributed by atoms with Crippen LogP contribution in [0.15, 0.2) is 24.3 Å². The summed E-state index contributed by atoms with van der Waals surface area (Å²) in [6, 6.07) is 1.37. The fourth-order valence-corrected chi connectivity index (χ4v) is 10.9. The highest BCUT2D eigenvalue weighted by atomic mass is 32.2. The molecular weight excluding hydrogens is 953 g/mol. The summed E-state index contributed by atoms with van der Waals surface area (Å²) in [5, 5.41) is 17.9. The van der Waals surface area contributed by atoms with Crippen LogP contribution in [0.4, 0.5) is 0 Å². The molecule has 1 heterocycles. The molecule has 398 valence electrons. The van der Waals surface area contributed by atoms with Crippen molar-refractivity contribution >= 4 is 74.2 Å². The molecule has 1 aromatic rings. The van der Waals surface area contributed by atoms with Crippen molar-refractivity contribution in [2.45, 2.75) is 167 Å². The molecule has 20 nitrogen and oxygen atoms in total. The van der Waals surface area contributed by atoms with Gasteiger partial charge in [0, 0.05) is 69.2 Å². The summed E-state index contributed by atoms with van der Waals surface area (Å²) < 4.78 is 27.5. The number of ketones is 5. The monoisotopic (exact) mass is 1030 g/mol. The van der Waals surface area contributed by atoms with E-state index >= 15 is 0 Å². The maximum atomic E-state index is 14.7. The number of nitrogens with two attached hydrogens (primary N) is 2. The largest absolute Gasteiger partial charge is 0.508 e. The number of nitrogens with one attached hydrogen (secondary N) is 3. The van der Waals surface area contributed by atoms with Crippen molar-refractivity contribution in [1.82, 2.24) is 20.9 Å². The van der Waals surface area contributed by atoms with Crippen LogP contribution >= 0.6 is 0 Å². The number of carbonyl (C=O) groups is 11. The molecule has 3 aliphatic rings. The van der Waals surface area contributed by atoms with Gasteiger partial charge in [0.2, 0.25) is 35.4 Å². The molecular formula is C51H74N6O14S. The van der Waals surface area contributed by atoms with E-state index in [9.17, 15) is 66.3 Å². The number of phenols is 1. The van der Waals surface area contributed by atoms with Gasteiger partial charge in [0.15, 0.2) is 21.4 Å². The quantitative estimate of drug-likeness (QED) is 0.116. The summed E-state index contributed by atoms with van der Waals surface area (Å²) in [5.74, 6) is -13.4. The third-order valence-corrected chi connectivity index (χ3v) is 15.9. The Labute approximate surface area is 421 Å². The van der Waals surface area contributed by atoms with E-state index in [4.69, 9.17) is 11.5 Å². The van der Waals surface area contributed by atoms with Crippen molar-refractivity contribution in [3.8, 4) is 5.75 Å². The first-order valence-electron chi connectivity index (χ1n) is 25.3. The molecule has 7 atom stereocenters. The van der Waals surface area contributed by atoms with Gasteiger partial charge in [-0.05, 0) is 81.4 Å². The van der Waals surface area contributed by atoms with Crippen LogP contribution in [0, 0.1) is 29.6 Å². The highest BCUT2D eigenvalue weighted by Gasteiger charge is 2.41. The Bertz CT molecular complexity index is 2280. The minimum atomic E-state index is -4.19. The molecule has 21 heteroatoms. The van der Waals surface area contributed by atoms with E-state index in [0.29, 0.717) is 37.7 Å². The van der Waals surface area contributed by atoms with Crippen molar-refractivity contribution in [2.75, 3.05) is 18.1 Å². The number of Topliss-reactive ketones (excluding diaryl/α,β-unsaturated/α-hetero) is 5. The second kappa shape index (κ2) is 27.8. The molecule has 8 N–H and O–H groups in total. The Morgan fingerprint density at radius 2 is 1.46 bits per heavy atom. The Morgan fingerprint density at radius 1 is 0.792 bits per heavy atom. The molecule has 4 rings (SSSR count). The lowest BCUT2D eigenvalue weighted by Gasteiger charge is -2.32. The standard InChI is InChI=1S/C51H74N6O14S/c1-4-30(2)39-28-43(62)34(24-32-11-15-37(59)16-12-32)25-38(60)20-22-72(70,71)23-21-41(55-49(67)35(27-46(53)65)26-44(63)40(54-50(39)68)17-19-45(52)64)51(69)57(36-13-14-36)29-47(66)56-48(33-8-6-5-7-9-33)42(61)18-10-31(3)58/h11-12,15-16,30,33-36,39-41,48,59H,4-10,13-14,17-29H2,1-3H3,(H2,52,64)(H2,53,65)(H,54,68)(H,55,67)(H,56,66)/t30-,34+,35-,39-,40-,41-,48-/m0/s1. The van der Waals surface area contributed by atoms with E-state index in [0.717, 1.165) is 19.3 Å². The van der Waals surface area contributed by atoms with Gasteiger partial charge >= 0.3 is 0 Å². The maximum Gasteiger partial charge on any atom is 0.245 e. The number of aromatic hydroxyl groups is 1. The Morgan fingerprint density at radius 3 is 2.06 bits per heavy atom. The van der Waals surface area contributed by atoms with E-state index in [-0.39, 0.29) is 55.3 Å². The van der Waals surface area contributed by atoms with Gasteiger partial charge in [-0.25, -0.2) is 8.42 Å². The van der Waals surface area contributed by atoms with E-state index in [1.165, 1.54) is 24.0 Å². The number of amides is 6. The first-order chi connectivity index (χ1) is 34.0. The number of hydrogen-bond acceptors (Lipinski definition) is 14. The van der Waals surface area contributed by atoms with Crippen LogP contribution in [0.3, 0.4) is 0 Å². The lowest BCUT2D eigenvalue weighted by molar-refractivity contribution is -0.142. The normalized spacial score (nSPS) is 24.2. The maximum absolute atomic E-state index is 14.7. The van der Waals surface area contributed by atoms with Crippen LogP contribution in [0.25, 0.3) is 0 Å². The molecule has 0 unspecified atom stereocenters. The number of hydrogen-bond donors (Lipinski definition) is 6. The second-order valence-corrected chi connectivity index (χ2v) is 22.4. The molecule has 72 heavy (non-hydrogen) atoms. The van der Waals surface area contributed by atoms with Gasteiger partial charge < -0.3 is 42.2 Å². The average Bonchev–Trinajstić information content (AvgIpc) is 4.18. The number of rotatable bonds is 19.